The van der Waals surface area contributed by atoms with Gasteiger partial charge in [0.15, 0.2) is 0 Å². The van der Waals surface area contributed by atoms with Gasteiger partial charge in [-0.15, -0.1) is 0 Å². The number of aromatic nitrogens is 1. The van der Waals surface area contributed by atoms with Crippen LogP contribution in [0, 0.1) is 6.92 Å². The van der Waals surface area contributed by atoms with Gasteiger partial charge < -0.3 is 14.6 Å². The highest BCUT2D eigenvalue weighted by atomic mass is 19.4. The van der Waals surface area contributed by atoms with E-state index in [1.165, 1.54) is 6.07 Å². The van der Waals surface area contributed by atoms with Crippen molar-refractivity contribution >= 4 is 5.97 Å². The van der Waals surface area contributed by atoms with E-state index in [1.807, 2.05) is 0 Å². The Balaban J connectivity index is 2.40. The number of carboxylic acid groups (broad SMARTS) is 1. The van der Waals surface area contributed by atoms with E-state index in [0.29, 0.717) is 5.56 Å². The fourth-order valence-corrected chi connectivity index (χ4v) is 1.22. The van der Waals surface area contributed by atoms with Gasteiger partial charge in [-0.1, -0.05) is 0 Å². The highest BCUT2D eigenvalue weighted by molar-refractivity contribution is 5.87. The van der Waals surface area contributed by atoms with Gasteiger partial charge in [0.25, 0.3) is 0 Å². The average Bonchev–Trinajstić information content (AvgIpc) is 2.28. The molecule has 5 nitrogen and oxygen atoms in total. The molecule has 0 spiro atoms. The van der Waals surface area contributed by atoms with Crippen molar-refractivity contribution in [3.8, 4) is 5.88 Å². The van der Waals surface area contributed by atoms with E-state index in [2.05, 4.69) is 9.72 Å². The molecule has 1 N–H and O–H groups in total. The standard InChI is InChI=1S/C11H12F3NO4/c1-7-4-8(10(16)17)5-15-9(7)19-3-2-18-6-11(12,13)14/h4-5H,2-3,6H2,1H3,(H,16,17). The second-order valence-corrected chi connectivity index (χ2v) is 3.67. The van der Waals surface area contributed by atoms with Gasteiger partial charge in [0.05, 0.1) is 12.2 Å². The zero-order valence-corrected chi connectivity index (χ0v) is 10.0. The molecule has 0 aliphatic heterocycles. The number of ether oxygens (including phenoxy) is 2. The van der Waals surface area contributed by atoms with Gasteiger partial charge in [0.1, 0.15) is 13.2 Å². The monoisotopic (exact) mass is 279 g/mol. The summed E-state index contributed by atoms with van der Waals surface area (Å²) in [4.78, 5) is 14.4. The van der Waals surface area contributed by atoms with Gasteiger partial charge in [0.2, 0.25) is 5.88 Å². The Morgan fingerprint density at radius 3 is 2.63 bits per heavy atom. The summed E-state index contributed by atoms with van der Waals surface area (Å²) in [5.74, 6) is -0.948. The first-order valence-electron chi connectivity index (χ1n) is 5.27. The molecule has 0 saturated carbocycles. The summed E-state index contributed by atoms with van der Waals surface area (Å²) >= 11 is 0. The summed E-state index contributed by atoms with van der Waals surface area (Å²) in [6.45, 7) is -0.0796. The molecular weight excluding hydrogens is 267 g/mol. The molecule has 0 amide bonds. The Morgan fingerprint density at radius 1 is 1.42 bits per heavy atom. The number of carboxylic acids is 1. The molecule has 8 heteroatoms. The zero-order chi connectivity index (χ0) is 14.5. The van der Waals surface area contributed by atoms with Crippen molar-refractivity contribution in [3.05, 3.63) is 23.4 Å². The summed E-state index contributed by atoms with van der Waals surface area (Å²) in [7, 11) is 0. The lowest BCUT2D eigenvalue weighted by molar-refractivity contribution is -0.175. The van der Waals surface area contributed by atoms with Crippen LogP contribution in [0.5, 0.6) is 5.88 Å². The second-order valence-electron chi connectivity index (χ2n) is 3.67. The number of alkyl halides is 3. The number of nitrogens with zero attached hydrogens (tertiary/aromatic N) is 1. The van der Waals surface area contributed by atoms with E-state index >= 15 is 0 Å². The molecule has 19 heavy (non-hydrogen) atoms. The van der Waals surface area contributed by atoms with Gasteiger partial charge in [-0.2, -0.15) is 13.2 Å². The van der Waals surface area contributed by atoms with E-state index in [-0.39, 0.29) is 24.7 Å². The molecule has 0 aliphatic carbocycles. The van der Waals surface area contributed by atoms with Crippen molar-refractivity contribution in [1.29, 1.82) is 0 Å². The number of aryl methyl sites for hydroxylation is 1. The predicted molar refractivity (Wildman–Crippen MR) is 58.3 cm³/mol. The van der Waals surface area contributed by atoms with Crippen molar-refractivity contribution in [2.45, 2.75) is 13.1 Å². The van der Waals surface area contributed by atoms with Crippen LogP contribution in [-0.4, -0.2) is 42.1 Å². The first-order chi connectivity index (χ1) is 8.79. The largest absolute Gasteiger partial charge is 0.478 e. The van der Waals surface area contributed by atoms with Crippen LogP contribution in [-0.2, 0) is 4.74 Å². The van der Waals surface area contributed by atoms with Crippen LogP contribution in [0.25, 0.3) is 0 Å². The van der Waals surface area contributed by atoms with Crippen molar-refractivity contribution in [3.63, 3.8) is 0 Å². The lowest BCUT2D eigenvalue weighted by atomic mass is 10.2. The maximum Gasteiger partial charge on any atom is 0.411 e. The minimum absolute atomic E-state index is 0.0122. The Hall–Kier alpha value is -1.83. The molecule has 106 valence electrons. The van der Waals surface area contributed by atoms with Crippen LogP contribution in [0.1, 0.15) is 15.9 Å². The highest BCUT2D eigenvalue weighted by Gasteiger charge is 2.27. The molecule has 0 atom stereocenters. The predicted octanol–water partition coefficient (Wildman–Crippen LogP) is 2.05. The van der Waals surface area contributed by atoms with Crippen LogP contribution in [0.3, 0.4) is 0 Å². The second kappa shape index (κ2) is 6.37. The Morgan fingerprint density at radius 2 is 2.11 bits per heavy atom. The maximum atomic E-state index is 11.8. The van der Waals surface area contributed by atoms with Gasteiger partial charge in [-0.05, 0) is 13.0 Å². The van der Waals surface area contributed by atoms with Gasteiger partial charge in [0, 0.05) is 11.8 Å². The number of aromatic carboxylic acids is 1. The Bertz CT molecular complexity index is 448. The average molecular weight is 279 g/mol. The smallest absolute Gasteiger partial charge is 0.411 e. The summed E-state index contributed by atoms with van der Waals surface area (Å²) in [5.41, 5.74) is 0.494. The van der Waals surface area contributed by atoms with Gasteiger partial charge in [-0.25, -0.2) is 9.78 Å². The first-order valence-corrected chi connectivity index (χ1v) is 5.27. The van der Waals surface area contributed by atoms with Crippen molar-refractivity contribution in [2.24, 2.45) is 0 Å². The van der Waals surface area contributed by atoms with Crippen LogP contribution in [0.4, 0.5) is 13.2 Å². The van der Waals surface area contributed by atoms with Gasteiger partial charge >= 0.3 is 12.1 Å². The van der Waals surface area contributed by atoms with Crippen LogP contribution in [0.2, 0.25) is 0 Å². The molecule has 1 rings (SSSR count). The molecule has 0 fully saturated rings. The van der Waals surface area contributed by atoms with E-state index < -0.39 is 18.8 Å². The third-order valence-electron chi connectivity index (χ3n) is 2.01. The minimum atomic E-state index is -4.36. The number of pyridine rings is 1. The molecule has 0 bridgehead atoms. The summed E-state index contributed by atoms with van der Waals surface area (Å²) < 4.78 is 44.7. The van der Waals surface area contributed by atoms with E-state index in [9.17, 15) is 18.0 Å². The van der Waals surface area contributed by atoms with Crippen molar-refractivity contribution < 1.29 is 32.5 Å². The maximum absolute atomic E-state index is 11.8. The highest BCUT2D eigenvalue weighted by Crippen LogP contribution is 2.16. The lowest BCUT2D eigenvalue weighted by Crippen LogP contribution is -2.19. The van der Waals surface area contributed by atoms with Crippen molar-refractivity contribution in [2.75, 3.05) is 19.8 Å². The van der Waals surface area contributed by atoms with E-state index in [1.54, 1.807) is 6.92 Å². The fraction of sp³-hybridized carbons (Fsp3) is 0.455. The molecule has 0 aromatic carbocycles. The van der Waals surface area contributed by atoms with Crippen LogP contribution in [0.15, 0.2) is 12.3 Å². The molecular formula is C11H12F3NO4. The number of halogens is 3. The molecule has 0 unspecified atom stereocenters. The third-order valence-corrected chi connectivity index (χ3v) is 2.01. The quantitative estimate of drug-likeness (QED) is 0.807. The molecule has 1 aromatic heterocycles. The normalized spacial score (nSPS) is 11.4. The minimum Gasteiger partial charge on any atom is -0.478 e. The first kappa shape index (κ1) is 15.2. The van der Waals surface area contributed by atoms with Gasteiger partial charge in [-0.3, -0.25) is 0 Å². The zero-order valence-electron chi connectivity index (χ0n) is 10.0. The van der Waals surface area contributed by atoms with Crippen molar-refractivity contribution in [1.82, 2.24) is 4.98 Å². The molecule has 0 radical (unpaired) electrons. The summed E-state index contributed by atoms with van der Waals surface area (Å²) in [6.07, 6.45) is -3.25. The molecule has 1 heterocycles. The van der Waals surface area contributed by atoms with E-state index in [4.69, 9.17) is 9.84 Å². The summed E-state index contributed by atoms with van der Waals surface area (Å²) in [5, 5.41) is 8.72. The fourth-order valence-electron chi connectivity index (χ4n) is 1.22. The van der Waals surface area contributed by atoms with Crippen LogP contribution >= 0.6 is 0 Å². The lowest BCUT2D eigenvalue weighted by Gasteiger charge is -2.10. The third kappa shape index (κ3) is 5.56. The van der Waals surface area contributed by atoms with E-state index in [0.717, 1.165) is 6.20 Å². The Kier molecular flexibility index (Phi) is 5.11. The summed E-state index contributed by atoms with van der Waals surface area (Å²) in [6, 6.07) is 1.36. The Labute approximate surface area is 107 Å². The number of hydrogen-bond acceptors (Lipinski definition) is 4. The number of carbonyl (C=O) groups is 1. The molecule has 1 aromatic rings. The van der Waals surface area contributed by atoms with Crippen LogP contribution < -0.4 is 4.74 Å². The topological polar surface area (TPSA) is 68.7 Å². The molecule has 0 saturated heterocycles. The number of rotatable bonds is 6. The number of hydrogen-bond donors (Lipinski definition) is 1. The SMILES string of the molecule is Cc1cc(C(=O)O)cnc1OCCOCC(F)(F)F. The molecule has 0 aliphatic rings.